The van der Waals surface area contributed by atoms with Crippen LogP contribution >= 0.6 is 0 Å². The number of nitriles is 1. The van der Waals surface area contributed by atoms with Crippen molar-refractivity contribution >= 4 is 0 Å². The average Bonchev–Trinajstić information content (AvgIpc) is 2.74. The quantitative estimate of drug-likeness (QED) is 0.688. The highest BCUT2D eigenvalue weighted by molar-refractivity contribution is 5.46. The summed E-state index contributed by atoms with van der Waals surface area (Å²) in [6, 6.07) is 3.71. The highest BCUT2D eigenvalue weighted by atomic mass is 16.5. The van der Waals surface area contributed by atoms with E-state index < -0.39 is 0 Å². The van der Waals surface area contributed by atoms with E-state index in [-0.39, 0.29) is 6.42 Å². The van der Waals surface area contributed by atoms with Gasteiger partial charge in [-0.15, -0.1) is 0 Å². The molecule has 0 fully saturated rings. The maximum Gasteiger partial charge on any atom is 0.241 e. The predicted molar refractivity (Wildman–Crippen MR) is 45.8 cm³/mol. The molecule has 0 spiro atoms. The fourth-order valence-electron chi connectivity index (χ4n) is 1.03. The van der Waals surface area contributed by atoms with Crippen LogP contribution in [0.5, 0.6) is 0 Å². The minimum Gasteiger partial charge on any atom is -0.338 e. The van der Waals surface area contributed by atoms with E-state index in [1.807, 2.05) is 6.07 Å². The fourth-order valence-corrected chi connectivity index (χ4v) is 1.03. The molecular weight excluding hydrogens is 182 g/mol. The monoisotopic (exact) mass is 189 g/mol. The molecule has 0 saturated carbocycles. The van der Waals surface area contributed by atoms with E-state index in [0.717, 1.165) is 0 Å². The van der Waals surface area contributed by atoms with Crippen LogP contribution in [0.15, 0.2) is 16.8 Å². The molecule has 0 atom stereocenters. The largest absolute Gasteiger partial charge is 0.338 e. The van der Waals surface area contributed by atoms with E-state index >= 15 is 0 Å². The number of rotatable bonds is 2. The first-order valence-corrected chi connectivity index (χ1v) is 3.99. The molecule has 0 N–H and O–H groups in total. The number of aryl methyl sites for hydroxylation is 1. The summed E-state index contributed by atoms with van der Waals surface area (Å²) < 4.78 is 6.48. The molecule has 0 saturated heterocycles. The summed E-state index contributed by atoms with van der Waals surface area (Å²) in [4.78, 5) is 4.01. The third kappa shape index (κ3) is 1.47. The van der Waals surface area contributed by atoms with E-state index in [4.69, 9.17) is 9.78 Å². The Morgan fingerprint density at radius 1 is 1.64 bits per heavy atom. The molecule has 0 bridgehead atoms. The smallest absolute Gasteiger partial charge is 0.241 e. The molecule has 6 heteroatoms. The van der Waals surface area contributed by atoms with Crippen molar-refractivity contribution < 1.29 is 4.52 Å². The molecule has 0 amide bonds. The van der Waals surface area contributed by atoms with Crippen LogP contribution in [0.1, 0.15) is 5.89 Å². The Hall–Kier alpha value is -2.16. The minimum absolute atomic E-state index is 0.125. The molecule has 70 valence electrons. The fraction of sp³-hybridized carbons (Fsp3) is 0.250. The van der Waals surface area contributed by atoms with Crippen LogP contribution in [0.25, 0.3) is 11.5 Å². The van der Waals surface area contributed by atoms with E-state index in [0.29, 0.717) is 17.4 Å². The van der Waals surface area contributed by atoms with Crippen LogP contribution in [0, 0.1) is 11.3 Å². The highest BCUT2D eigenvalue weighted by Crippen LogP contribution is 2.12. The highest BCUT2D eigenvalue weighted by Gasteiger charge is 2.09. The van der Waals surface area contributed by atoms with Crippen LogP contribution in [-0.2, 0) is 13.5 Å². The molecule has 0 radical (unpaired) electrons. The Labute approximate surface area is 79.8 Å². The van der Waals surface area contributed by atoms with Gasteiger partial charge in [-0.3, -0.25) is 4.68 Å². The summed E-state index contributed by atoms with van der Waals surface area (Å²) in [6.45, 7) is 0. The molecular formula is C8H7N5O. The predicted octanol–water partition coefficient (Wildman–Crippen LogP) is 0.536. The number of nitrogens with zero attached hydrogens (tertiary/aromatic N) is 5. The van der Waals surface area contributed by atoms with Gasteiger partial charge in [-0.25, -0.2) is 0 Å². The Morgan fingerprint density at radius 3 is 3.14 bits per heavy atom. The molecule has 0 aliphatic rings. The average molecular weight is 189 g/mol. The zero-order valence-electron chi connectivity index (χ0n) is 7.51. The van der Waals surface area contributed by atoms with Crippen molar-refractivity contribution in [3.8, 4) is 17.6 Å². The summed E-state index contributed by atoms with van der Waals surface area (Å²) in [7, 11) is 1.81. The molecule has 2 rings (SSSR count). The number of hydrogen-bond donors (Lipinski definition) is 0. The third-order valence-corrected chi connectivity index (χ3v) is 1.64. The summed E-state index contributed by atoms with van der Waals surface area (Å²) >= 11 is 0. The Balaban J connectivity index is 2.30. The Bertz CT molecular complexity index is 478. The second-order valence-corrected chi connectivity index (χ2v) is 2.72. The second kappa shape index (κ2) is 3.30. The molecule has 0 aliphatic carbocycles. The van der Waals surface area contributed by atoms with E-state index in [1.54, 1.807) is 24.0 Å². The maximum atomic E-state index is 8.41. The zero-order chi connectivity index (χ0) is 9.97. The zero-order valence-corrected chi connectivity index (χ0v) is 7.51. The van der Waals surface area contributed by atoms with Gasteiger partial charge in [-0.2, -0.15) is 15.3 Å². The third-order valence-electron chi connectivity index (χ3n) is 1.64. The van der Waals surface area contributed by atoms with Crippen molar-refractivity contribution in [1.82, 2.24) is 19.9 Å². The lowest BCUT2D eigenvalue weighted by atomic mass is 10.4. The van der Waals surface area contributed by atoms with Gasteiger partial charge in [0.25, 0.3) is 0 Å². The first-order valence-electron chi connectivity index (χ1n) is 3.99. The number of aromatic nitrogens is 4. The number of hydrogen-bond acceptors (Lipinski definition) is 5. The molecule has 6 nitrogen and oxygen atoms in total. The van der Waals surface area contributed by atoms with Gasteiger partial charge in [0.05, 0.1) is 6.07 Å². The molecule has 2 heterocycles. The van der Waals surface area contributed by atoms with Gasteiger partial charge in [-0.1, -0.05) is 5.16 Å². The Morgan fingerprint density at radius 2 is 2.50 bits per heavy atom. The minimum atomic E-state index is 0.125. The van der Waals surface area contributed by atoms with Gasteiger partial charge in [0.2, 0.25) is 11.7 Å². The summed E-state index contributed by atoms with van der Waals surface area (Å²) in [5.41, 5.74) is 0.639. The summed E-state index contributed by atoms with van der Waals surface area (Å²) in [5.74, 6) is 0.726. The van der Waals surface area contributed by atoms with Crippen molar-refractivity contribution in [2.24, 2.45) is 7.05 Å². The van der Waals surface area contributed by atoms with E-state index in [1.165, 1.54) is 0 Å². The SMILES string of the molecule is Cn1ccc(-c2noc(CC#N)n2)n1. The summed E-state index contributed by atoms with van der Waals surface area (Å²) in [6.07, 6.45) is 1.91. The van der Waals surface area contributed by atoms with E-state index in [9.17, 15) is 0 Å². The van der Waals surface area contributed by atoms with Gasteiger partial charge in [-0.05, 0) is 6.07 Å². The molecule has 14 heavy (non-hydrogen) atoms. The van der Waals surface area contributed by atoms with Crippen LogP contribution in [0.3, 0.4) is 0 Å². The first kappa shape index (κ1) is 8.44. The second-order valence-electron chi connectivity index (χ2n) is 2.72. The first-order chi connectivity index (χ1) is 6.79. The topological polar surface area (TPSA) is 80.5 Å². The Kier molecular flexibility index (Phi) is 1.99. The van der Waals surface area contributed by atoms with Gasteiger partial charge in [0.15, 0.2) is 0 Å². The molecule has 2 aromatic heterocycles. The van der Waals surface area contributed by atoms with Gasteiger partial charge in [0.1, 0.15) is 12.1 Å². The lowest BCUT2D eigenvalue weighted by Gasteiger charge is -1.84. The lowest BCUT2D eigenvalue weighted by molar-refractivity contribution is 0.387. The lowest BCUT2D eigenvalue weighted by Crippen LogP contribution is -1.89. The van der Waals surface area contributed by atoms with Crippen molar-refractivity contribution in [1.29, 1.82) is 5.26 Å². The molecule has 0 unspecified atom stereocenters. The van der Waals surface area contributed by atoms with Crippen LogP contribution < -0.4 is 0 Å². The standard InChI is InChI=1S/C8H7N5O/c1-13-5-3-6(11-13)8-10-7(2-4-9)14-12-8/h3,5H,2H2,1H3. The van der Waals surface area contributed by atoms with Gasteiger partial charge < -0.3 is 4.52 Å². The molecule has 0 aromatic carbocycles. The van der Waals surface area contributed by atoms with Crippen molar-refractivity contribution in [3.63, 3.8) is 0 Å². The van der Waals surface area contributed by atoms with Gasteiger partial charge >= 0.3 is 0 Å². The van der Waals surface area contributed by atoms with Crippen molar-refractivity contribution in [2.75, 3.05) is 0 Å². The van der Waals surface area contributed by atoms with Crippen molar-refractivity contribution in [3.05, 3.63) is 18.2 Å². The molecule has 0 aliphatic heterocycles. The summed E-state index contributed by atoms with van der Waals surface area (Å²) in [5, 5.41) is 16.2. The van der Waals surface area contributed by atoms with Crippen LogP contribution in [0.4, 0.5) is 0 Å². The normalized spacial score (nSPS) is 10.0. The van der Waals surface area contributed by atoms with E-state index in [2.05, 4.69) is 15.2 Å². The van der Waals surface area contributed by atoms with Crippen molar-refractivity contribution in [2.45, 2.75) is 6.42 Å². The maximum absolute atomic E-state index is 8.41. The van der Waals surface area contributed by atoms with Gasteiger partial charge in [0, 0.05) is 13.2 Å². The van der Waals surface area contributed by atoms with Crippen LogP contribution in [-0.4, -0.2) is 19.9 Å². The molecule has 2 aromatic rings. The van der Waals surface area contributed by atoms with Crippen LogP contribution in [0.2, 0.25) is 0 Å².